The van der Waals surface area contributed by atoms with Crippen molar-refractivity contribution in [3.63, 3.8) is 0 Å². The molecular formula is C12H18O12. The van der Waals surface area contributed by atoms with E-state index in [1.807, 2.05) is 0 Å². The summed E-state index contributed by atoms with van der Waals surface area (Å²) in [5.41, 5.74) is -2.80. The quantitative estimate of drug-likeness (QED) is 0.227. The van der Waals surface area contributed by atoms with E-state index in [2.05, 4.69) is 0 Å². The molecule has 1 fully saturated rings. The maximum atomic E-state index is 11.4. The van der Waals surface area contributed by atoms with Crippen LogP contribution < -0.4 is 0 Å². The third-order valence-electron chi connectivity index (χ3n) is 3.45. The van der Waals surface area contributed by atoms with Crippen molar-refractivity contribution in [3.05, 3.63) is 0 Å². The minimum Gasteiger partial charge on any atom is -0.481 e. The average Bonchev–Trinajstić information content (AvgIpc) is 2.46. The van der Waals surface area contributed by atoms with Crippen LogP contribution in [-0.4, -0.2) is 96.6 Å². The molecule has 0 amide bonds. The first-order chi connectivity index (χ1) is 11.0. The maximum absolute atomic E-state index is 11.4. The van der Waals surface area contributed by atoms with E-state index in [1.165, 1.54) is 0 Å². The maximum Gasteiger partial charge on any atom is 0.337 e. The van der Waals surface area contributed by atoms with Gasteiger partial charge in [0.1, 0.15) is 24.4 Å². The van der Waals surface area contributed by atoms with E-state index in [1.54, 1.807) is 0 Å². The van der Waals surface area contributed by atoms with Gasteiger partial charge in [0.15, 0.2) is 11.9 Å². The van der Waals surface area contributed by atoms with E-state index in [-0.39, 0.29) is 0 Å². The summed E-state index contributed by atoms with van der Waals surface area (Å²) in [6.07, 6.45) is -11.6. The molecule has 1 heterocycles. The molecule has 0 spiro atoms. The molecule has 1 saturated heterocycles. The Morgan fingerprint density at radius 2 is 1.42 bits per heavy atom. The molecule has 0 aromatic carbocycles. The minimum absolute atomic E-state index is 0.831. The lowest BCUT2D eigenvalue weighted by molar-refractivity contribution is -0.324. The van der Waals surface area contributed by atoms with Gasteiger partial charge in [0, 0.05) is 0 Å². The molecule has 5 atom stereocenters. The highest BCUT2D eigenvalue weighted by Gasteiger charge is 2.52. The van der Waals surface area contributed by atoms with Crippen LogP contribution in [0.25, 0.3) is 0 Å². The van der Waals surface area contributed by atoms with Gasteiger partial charge in [0.05, 0.1) is 19.4 Å². The number of carbonyl (C=O) groups is 3. The molecule has 7 N–H and O–H groups in total. The molecule has 1 rings (SSSR count). The molecular weight excluding hydrogens is 336 g/mol. The average molecular weight is 354 g/mol. The summed E-state index contributed by atoms with van der Waals surface area (Å²) in [5, 5.41) is 65.0. The summed E-state index contributed by atoms with van der Waals surface area (Å²) < 4.78 is 9.83. The Bertz CT molecular complexity index is 472. The molecule has 12 heteroatoms. The first-order valence-corrected chi connectivity index (χ1v) is 6.69. The zero-order chi connectivity index (χ0) is 18.7. The Hall–Kier alpha value is -1.83. The Labute approximate surface area is 134 Å². The summed E-state index contributed by atoms with van der Waals surface area (Å²) in [6.45, 7) is -0.831. The fourth-order valence-electron chi connectivity index (χ4n) is 2.22. The van der Waals surface area contributed by atoms with Crippen molar-refractivity contribution >= 4 is 17.9 Å². The molecule has 1 unspecified atom stereocenters. The van der Waals surface area contributed by atoms with Crippen LogP contribution in [-0.2, 0) is 23.9 Å². The van der Waals surface area contributed by atoms with Crippen LogP contribution in [0.4, 0.5) is 0 Å². The second-order valence-corrected chi connectivity index (χ2v) is 5.26. The monoisotopic (exact) mass is 354 g/mol. The van der Waals surface area contributed by atoms with Crippen LogP contribution in [0.2, 0.25) is 0 Å². The van der Waals surface area contributed by atoms with Crippen molar-refractivity contribution in [3.8, 4) is 0 Å². The number of hydrogen-bond acceptors (Lipinski definition) is 9. The molecule has 0 radical (unpaired) electrons. The standard InChI is InChI=1S/C12H18O12/c13-3-4-7(18)8(19)9(20)10(23-4)24-12(11(21)22,1-5(14)15)2-6(16)17/h4,7-10,13,18-20H,1-3H2,(H,14,15)(H,16,17)(H,21,22)/t4-,7-,8+,9-,10?/m1/s1. The summed E-state index contributed by atoms with van der Waals surface area (Å²) in [5.74, 6) is -5.32. The minimum atomic E-state index is -2.80. The Balaban J connectivity index is 3.13. The van der Waals surface area contributed by atoms with Gasteiger partial charge >= 0.3 is 17.9 Å². The third kappa shape index (κ3) is 4.37. The van der Waals surface area contributed by atoms with Gasteiger partial charge in [-0.05, 0) is 0 Å². The number of aliphatic hydroxyl groups is 4. The van der Waals surface area contributed by atoms with E-state index < -0.39 is 73.7 Å². The molecule has 0 bridgehead atoms. The number of carboxylic acids is 3. The van der Waals surface area contributed by atoms with Gasteiger partial charge in [-0.25, -0.2) is 4.79 Å². The zero-order valence-electron chi connectivity index (χ0n) is 12.2. The topological polar surface area (TPSA) is 211 Å². The molecule has 0 aromatic rings. The molecule has 1 aliphatic rings. The number of aliphatic carboxylic acids is 3. The SMILES string of the molecule is O=C(O)CC(CC(=O)O)(OC1O[C@H](CO)[C@@H](O)[C@H](O)[C@H]1O)C(=O)O. The van der Waals surface area contributed by atoms with Gasteiger partial charge in [-0.3, -0.25) is 9.59 Å². The molecule has 0 aromatic heterocycles. The highest BCUT2D eigenvalue weighted by Crippen LogP contribution is 2.30. The molecule has 1 aliphatic heterocycles. The smallest absolute Gasteiger partial charge is 0.337 e. The van der Waals surface area contributed by atoms with Gasteiger partial charge in [-0.1, -0.05) is 0 Å². The summed E-state index contributed by atoms with van der Waals surface area (Å²) in [4.78, 5) is 33.2. The van der Waals surface area contributed by atoms with Crippen molar-refractivity contribution in [1.29, 1.82) is 0 Å². The summed E-state index contributed by atoms with van der Waals surface area (Å²) >= 11 is 0. The normalized spacial score (nSPS) is 30.8. The number of aliphatic hydroxyl groups excluding tert-OH is 4. The van der Waals surface area contributed by atoms with Crippen molar-refractivity contribution in [2.45, 2.75) is 49.1 Å². The number of rotatable bonds is 8. The second-order valence-electron chi connectivity index (χ2n) is 5.26. The van der Waals surface area contributed by atoms with Crippen molar-refractivity contribution < 1.29 is 59.6 Å². The van der Waals surface area contributed by atoms with Crippen molar-refractivity contribution in [2.24, 2.45) is 0 Å². The van der Waals surface area contributed by atoms with Gasteiger partial charge < -0.3 is 45.2 Å². The molecule has 138 valence electrons. The second kappa shape index (κ2) is 7.83. The predicted octanol–water partition coefficient (Wildman–Crippen LogP) is -3.42. The van der Waals surface area contributed by atoms with E-state index in [9.17, 15) is 34.8 Å². The molecule has 12 nitrogen and oxygen atoms in total. The Morgan fingerprint density at radius 1 is 0.917 bits per heavy atom. The van der Waals surface area contributed by atoms with Gasteiger partial charge in [-0.15, -0.1) is 0 Å². The van der Waals surface area contributed by atoms with Crippen LogP contribution in [0.5, 0.6) is 0 Å². The molecule has 0 saturated carbocycles. The van der Waals surface area contributed by atoms with Crippen LogP contribution in [0.1, 0.15) is 12.8 Å². The van der Waals surface area contributed by atoms with Gasteiger partial charge in [0.25, 0.3) is 0 Å². The lowest BCUT2D eigenvalue weighted by Gasteiger charge is -2.42. The van der Waals surface area contributed by atoms with Crippen LogP contribution in [0.3, 0.4) is 0 Å². The summed E-state index contributed by atoms with van der Waals surface area (Å²) in [6, 6.07) is 0. The third-order valence-corrected chi connectivity index (χ3v) is 3.45. The lowest BCUT2D eigenvalue weighted by Crippen LogP contribution is -2.62. The van der Waals surface area contributed by atoms with Crippen LogP contribution in [0.15, 0.2) is 0 Å². The van der Waals surface area contributed by atoms with E-state index >= 15 is 0 Å². The van der Waals surface area contributed by atoms with Gasteiger partial charge in [-0.2, -0.15) is 0 Å². The predicted molar refractivity (Wildman–Crippen MR) is 69.7 cm³/mol. The highest BCUT2D eigenvalue weighted by atomic mass is 16.7. The zero-order valence-corrected chi connectivity index (χ0v) is 12.2. The number of ether oxygens (including phenoxy) is 2. The Kier molecular flexibility index (Phi) is 6.59. The van der Waals surface area contributed by atoms with Crippen LogP contribution in [0, 0.1) is 0 Å². The first kappa shape index (κ1) is 20.2. The number of hydrogen-bond donors (Lipinski definition) is 7. The van der Waals surface area contributed by atoms with Crippen molar-refractivity contribution in [1.82, 2.24) is 0 Å². The molecule has 0 aliphatic carbocycles. The highest BCUT2D eigenvalue weighted by molar-refractivity contribution is 5.88. The van der Waals surface area contributed by atoms with E-state index in [4.69, 9.17) is 24.8 Å². The van der Waals surface area contributed by atoms with E-state index in [0.717, 1.165) is 0 Å². The first-order valence-electron chi connectivity index (χ1n) is 6.69. The van der Waals surface area contributed by atoms with Crippen LogP contribution >= 0.6 is 0 Å². The van der Waals surface area contributed by atoms with E-state index in [0.29, 0.717) is 0 Å². The fourth-order valence-corrected chi connectivity index (χ4v) is 2.22. The fraction of sp³-hybridized carbons (Fsp3) is 0.750. The van der Waals surface area contributed by atoms with Gasteiger partial charge in [0.2, 0.25) is 0 Å². The Morgan fingerprint density at radius 3 is 1.79 bits per heavy atom. The van der Waals surface area contributed by atoms with Crippen molar-refractivity contribution in [2.75, 3.05) is 6.61 Å². The lowest BCUT2D eigenvalue weighted by atomic mass is 9.94. The number of carboxylic acid groups (broad SMARTS) is 3. The largest absolute Gasteiger partial charge is 0.481 e. The summed E-state index contributed by atoms with van der Waals surface area (Å²) in [7, 11) is 0. The molecule has 24 heavy (non-hydrogen) atoms.